The van der Waals surface area contributed by atoms with Gasteiger partial charge in [-0.3, -0.25) is 0 Å². The molecule has 0 aliphatic heterocycles. The summed E-state index contributed by atoms with van der Waals surface area (Å²) in [6.45, 7) is 4.51. The van der Waals surface area contributed by atoms with Crippen LogP contribution in [0.3, 0.4) is 0 Å². The number of rotatable bonds is 2. The lowest BCUT2D eigenvalue weighted by molar-refractivity contribution is 0.493. The average Bonchev–Trinajstić information content (AvgIpc) is 2.65. The van der Waals surface area contributed by atoms with E-state index in [2.05, 4.69) is 68.4 Å². The van der Waals surface area contributed by atoms with Crippen LogP contribution in [0.4, 0.5) is 0 Å². The molecule has 1 aliphatic carbocycles. The first-order valence-electron chi connectivity index (χ1n) is 9.04. The fraction of sp³-hybridized carbons (Fsp3) is 0.250. The highest BCUT2D eigenvalue weighted by molar-refractivity contribution is 6.30. The maximum absolute atomic E-state index is 6.20. The summed E-state index contributed by atoms with van der Waals surface area (Å²) >= 11 is 6.20. The van der Waals surface area contributed by atoms with Crippen LogP contribution in [0.5, 0.6) is 0 Å². The van der Waals surface area contributed by atoms with Crippen LogP contribution >= 0.6 is 11.6 Å². The zero-order valence-electron chi connectivity index (χ0n) is 14.9. The third kappa shape index (κ3) is 2.60. The van der Waals surface area contributed by atoms with Gasteiger partial charge in [-0.2, -0.15) is 0 Å². The molecule has 0 saturated heterocycles. The lowest BCUT2D eigenvalue weighted by atomic mass is 9.60. The third-order valence-corrected chi connectivity index (χ3v) is 6.02. The second-order valence-corrected chi connectivity index (χ2v) is 7.62. The average molecular weight is 347 g/mol. The highest BCUT2D eigenvalue weighted by atomic mass is 35.5. The molecule has 1 unspecified atom stereocenters. The molecule has 1 heteroatoms. The van der Waals surface area contributed by atoms with E-state index in [9.17, 15) is 0 Å². The van der Waals surface area contributed by atoms with Crippen molar-refractivity contribution in [2.24, 2.45) is 0 Å². The zero-order chi connectivity index (χ0) is 17.4. The monoisotopic (exact) mass is 346 g/mol. The molecule has 0 N–H and O–H groups in total. The number of halogens is 1. The summed E-state index contributed by atoms with van der Waals surface area (Å²) in [5.74, 6) is 0. The summed E-state index contributed by atoms with van der Waals surface area (Å²) in [5, 5.41) is 0.795. The molecule has 0 radical (unpaired) electrons. The highest BCUT2D eigenvalue weighted by Crippen LogP contribution is 2.49. The Bertz CT molecular complexity index is 893. The number of aryl methyl sites for hydroxylation is 2. The van der Waals surface area contributed by atoms with E-state index in [1.807, 2.05) is 12.1 Å². The standard InChI is InChI=1S/C24H23Cl/c1-17-10-11-18(2)23-22(17)9-6-16-24(23,19-7-4-3-5-8-19)20-12-14-21(25)15-13-20/h3-5,7-8,10-15H,6,9,16H2,1-2H3. The Balaban J connectivity index is 2.09. The van der Waals surface area contributed by atoms with Gasteiger partial charge in [-0.15, -0.1) is 0 Å². The molecule has 0 amide bonds. The largest absolute Gasteiger partial charge is 0.0843 e. The topological polar surface area (TPSA) is 0 Å². The Morgan fingerprint density at radius 2 is 1.40 bits per heavy atom. The summed E-state index contributed by atoms with van der Waals surface area (Å²) in [5.41, 5.74) is 8.48. The second-order valence-electron chi connectivity index (χ2n) is 7.18. The number of hydrogen-bond acceptors (Lipinski definition) is 0. The highest BCUT2D eigenvalue weighted by Gasteiger charge is 2.41. The molecule has 126 valence electrons. The van der Waals surface area contributed by atoms with Crippen LogP contribution < -0.4 is 0 Å². The predicted molar refractivity (Wildman–Crippen MR) is 107 cm³/mol. The van der Waals surface area contributed by atoms with E-state index in [4.69, 9.17) is 11.6 Å². The van der Waals surface area contributed by atoms with Gasteiger partial charge in [0.2, 0.25) is 0 Å². The molecule has 3 aromatic carbocycles. The van der Waals surface area contributed by atoms with E-state index in [0.29, 0.717) is 0 Å². The Labute approximate surface area is 155 Å². The normalized spacial score (nSPS) is 19.5. The van der Waals surface area contributed by atoms with Crippen LogP contribution in [0, 0.1) is 13.8 Å². The second kappa shape index (κ2) is 6.35. The molecule has 1 aliphatic rings. The van der Waals surface area contributed by atoms with Gasteiger partial charge in [-0.25, -0.2) is 0 Å². The van der Waals surface area contributed by atoms with Crippen molar-refractivity contribution in [3.63, 3.8) is 0 Å². The Morgan fingerprint density at radius 1 is 0.760 bits per heavy atom. The van der Waals surface area contributed by atoms with E-state index in [-0.39, 0.29) is 5.41 Å². The van der Waals surface area contributed by atoms with Gasteiger partial charge in [0.05, 0.1) is 0 Å². The van der Waals surface area contributed by atoms with Crippen molar-refractivity contribution in [1.82, 2.24) is 0 Å². The van der Waals surface area contributed by atoms with Crippen molar-refractivity contribution in [3.8, 4) is 0 Å². The van der Waals surface area contributed by atoms with E-state index < -0.39 is 0 Å². The Morgan fingerprint density at radius 3 is 2.12 bits per heavy atom. The molecule has 3 aromatic rings. The molecule has 0 nitrogen and oxygen atoms in total. The van der Waals surface area contributed by atoms with Crippen molar-refractivity contribution < 1.29 is 0 Å². The van der Waals surface area contributed by atoms with Crippen LogP contribution in [-0.4, -0.2) is 0 Å². The lowest BCUT2D eigenvalue weighted by Crippen LogP contribution is -2.35. The van der Waals surface area contributed by atoms with Crippen molar-refractivity contribution in [3.05, 3.63) is 105 Å². The molecule has 0 saturated carbocycles. The van der Waals surface area contributed by atoms with E-state index >= 15 is 0 Å². The van der Waals surface area contributed by atoms with Gasteiger partial charge in [0.25, 0.3) is 0 Å². The number of fused-ring (bicyclic) bond motifs is 1. The van der Waals surface area contributed by atoms with Crippen LogP contribution in [0.25, 0.3) is 0 Å². The first-order valence-corrected chi connectivity index (χ1v) is 9.42. The van der Waals surface area contributed by atoms with Crippen LogP contribution in [0.1, 0.15) is 46.2 Å². The molecular formula is C24H23Cl. The van der Waals surface area contributed by atoms with Gasteiger partial charge in [0.15, 0.2) is 0 Å². The van der Waals surface area contributed by atoms with Gasteiger partial charge in [0.1, 0.15) is 0 Å². The van der Waals surface area contributed by atoms with Gasteiger partial charge >= 0.3 is 0 Å². The van der Waals surface area contributed by atoms with E-state index in [0.717, 1.165) is 11.4 Å². The van der Waals surface area contributed by atoms with Crippen molar-refractivity contribution in [1.29, 1.82) is 0 Å². The molecule has 0 aromatic heterocycles. The fourth-order valence-corrected chi connectivity index (χ4v) is 4.77. The minimum atomic E-state index is -0.0878. The molecule has 0 spiro atoms. The molecule has 0 bridgehead atoms. The fourth-order valence-electron chi connectivity index (χ4n) is 4.64. The molecular weight excluding hydrogens is 324 g/mol. The summed E-state index contributed by atoms with van der Waals surface area (Å²) in [6, 6.07) is 24.0. The van der Waals surface area contributed by atoms with E-state index in [1.54, 1.807) is 0 Å². The zero-order valence-corrected chi connectivity index (χ0v) is 15.6. The lowest BCUT2D eigenvalue weighted by Gasteiger charge is -2.42. The van der Waals surface area contributed by atoms with Gasteiger partial charge < -0.3 is 0 Å². The van der Waals surface area contributed by atoms with Gasteiger partial charge in [-0.05, 0) is 78.6 Å². The Kier molecular flexibility index (Phi) is 4.17. The van der Waals surface area contributed by atoms with Crippen molar-refractivity contribution in [2.45, 2.75) is 38.5 Å². The van der Waals surface area contributed by atoms with Crippen molar-refractivity contribution >= 4 is 11.6 Å². The SMILES string of the molecule is Cc1ccc(C)c2c1CCCC2(c1ccccc1)c1ccc(Cl)cc1. The number of hydrogen-bond donors (Lipinski definition) is 0. The first-order chi connectivity index (χ1) is 12.1. The quantitative estimate of drug-likeness (QED) is 0.488. The summed E-state index contributed by atoms with van der Waals surface area (Å²) < 4.78 is 0. The summed E-state index contributed by atoms with van der Waals surface area (Å²) in [4.78, 5) is 0. The Hall–Kier alpha value is -2.05. The third-order valence-electron chi connectivity index (χ3n) is 5.76. The summed E-state index contributed by atoms with van der Waals surface area (Å²) in [7, 11) is 0. The molecule has 4 rings (SSSR count). The summed E-state index contributed by atoms with van der Waals surface area (Å²) in [6.07, 6.45) is 3.51. The van der Waals surface area contributed by atoms with Crippen molar-refractivity contribution in [2.75, 3.05) is 0 Å². The smallest absolute Gasteiger partial charge is 0.0456 e. The molecule has 1 atom stereocenters. The number of benzene rings is 3. The molecule has 0 heterocycles. The predicted octanol–water partition coefficient (Wildman–Crippen LogP) is 6.63. The molecule has 25 heavy (non-hydrogen) atoms. The van der Waals surface area contributed by atoms with Gasteiger partial charge in [0, 0.05) is 10.4 Å². The first kappa shape index (κ1) is 16.4. The molecule has 0 fully saturated rings. The van der Waals surface area contributed by atoms with Crippen LogP contribution in [-0.2, 0) is 11.8 Å². The van der Waals surface area contributed by atoms with Crippen LogP contribution in [0.15, 0.2) is 66.7 Å². The maximum atomic E-state index is 6.20. The minimum Gasteiger partial charge on any atom is -0.0843 e. The van der Waals surface area contributed by atoms with Gasteiger partial charge in [-0.1, -0.05) is 66.2 Å². The maximum Gasteiger partial charge on any atom is 0.0456 e. The minimum absolute atomic E-state index is 0.0878. The van der Waals surface area contributed by atoms with Crippen LogP contribution in [0.2, 0.25) is 5.02 Å². The van der Waals surface area contributed by atoms with E-state index in [1.165, 1.54) is 46.2 Å².